The Labute approximate surface area is 156 Å². The van der Waals surface area contributed by atoms with Crippen LogP contribution >= 0.6 is 0 Å². The van der Waals surface area contributed by atoms with Crippen LogP contribution in [0.1, 0.15) is 10.4 Å². The Kier molecular flexibility index (Phi) is 4.38. The van der Waals surface area contributed by atoms with Crippen molar-refractivity contribution in [3.8, 4) is 5.69 Å². The Hall–Kier alpha value is -4.28. The summed E-state index contributed by atoms with van der Waals surface area (Å²) in [6.45, 7) is -0.449. The molecule has 0 aliphatic carbocycles. The second-order valence-electron chi connectivity index (χ2n) is 5.77. The first-order valence-corrected chi connectivity index (χ1v) is 8.11. The fourth-order valence-corrected chi connectivity index (χ4v) is 2.55. The van der Waals surface area contributed by atoms with Crippen LogP contribution in [0.4, 0.5) is 5.69 Å². The van der Waals surface area contributed by atoms with Crippen molar-refractivity contribution in [3.05, 3.63) is 64.8 Å². The molecule has 140 valence electrons. The number of anilines is 1. The third-order valence-electron chi connectivity index (χ3n) is 3.85. The van der Waals surface area contributed by atoms with Crippen molar-refractivity contribution >= 4 is 28.6 Å². The van der Waals surface area contributed by atoms with E-state index in [1.165, 1.54) is 11.0 Å². The molecule has 0 saturated heterocycles. The normalized spacial score (nSPS) is 10.7. The van der Waals surface area contributed by atoms with Gasteiger partial charge < -0.3 is 20.0 Å². The summed E-state index contributed by atoms with van der Waals surface area (Å²) in [6, 6.07) is 11.3. The molecule has 28 heavy (non-hydrogen) atoms. The number of nitrogens with zero attached hydrogens (tertiary/aromatic N) is 4. The van der Waals surface area contributed by atoms with Gasteiger partial charge in [0.2, 0.25) is 0 Å². The number of fused-ring (bicyclic) bond motifs is 1. The topological polar surface area (TPSA) is 148 Å². The second-order valence-corrected chi connectivity index (χ2v) is 5.77. The Balaban J connectivity index is 1.34. The minimum Gasteiger partial charge on any atom is -0.452 e. The summed E-state index contributed by atoms with van der Waals surface area (Å²) in [5, 5.41) is 13.4. The van der Waals surface area contributed by atoms with Crippen molar-refractivity contribution in [2.75, 3.05) is 11.9 Å². The van der Waals surface area contributed by atoms with Crippen LogP contribution in [0.15, 0.2) is 53.6 Å². The molecular weight excluding hydrogens is 366 g/mol. The number of esters is 1. The molecule has 0 spiro atoms. The van der Waals surface area contributed by atoms with Gasteiger partial charge >= 0.3 is 11.7 Å². The number of tetrazole rings is 1. The van der Waals surface area contributed by atoms with E-state index in [9.17, 15) is 14.4 Å². The molecule has 0 bridgehead atoms. The average Bonchev–Trinajstić information content (AvgIpc) is 3.35. The molecule has 3 N–H and O–H groups in total. The standard InChI is InChI=1S/C17H13N7O4/c25-15(19-11-3-6-13-14(7-11)21-17(27)20-13)8-28-16(26)10-1-4-12(5-2-10)24-9-18-22-23-24/h1-7,9H,8H2,(H,19,25)(H2,20,21,27). The maximum absolute atomic E-state index is 12.1. The van der Waals surface area contributed by atoms with E-state index in [0.717, 1.165) is 0 Å². The summed E-state index contributed by atoms with van der Waals surface area (Å²) in [4.78, 5) is 40.5. The van der Waals surface area contributed by atoms with Crippen LogP contribution in [-0.2, 0) is 9.53 Å². The molecular formula is C17H13N7O4. The molecule has 2 aromatic heterocycles. The monoisotopic (exact) mass is 379 g/mol. The van der Waals surface area contributed by atoms with Crippen LogP contribution in [0, 0.1) is 0 Å². The Morgan fingerprint density at radius 3 is 2.61 bits per heavy atom. The second kappa shape index (κ2) is 7.15. The zero-order valence-electron chi connectivity index (χ0n) is 14.2. The lowest BCUT2D eigenvalue weighted by molar-refractivity contribution is -0.119. The van der Waals surface area contributed by atoms with Gasteiger partial charge in [-0.3, -0.25) is 4.79 Å². The smallest absolute Gasteiger partial charge is 0.338 e. The molecule has 11 nitrogen and oxygen atoms in total. The molecule has 2 aromatic carbocycles. The molecule has 0 aliphatic heterocycles. The van der Waals surface area contributed by atoms with E-state index in [-0.39, 0.29) is 11.3 Å². The van der Waals surface area contributed by atoms with E-state index in [1.807, 2.05) is 0 Å². The van der Waals surface area contributed by atoms with E-state index in [1.54, 1.807) is 42.5 Å². The summed E-state index contributed by atoms with van der Waals surface area (Å²) in [6.07, 6.45) is 1.43. The summed E-state index contributed by atoms with van der Waals surface area (Å²) >= 11 is 0. The van der Waals surface area contributed by atoms with E-state index in [2.05, 4.69) is 30.8 Å². The predicted molar refractivity (Wildman–Crippen MR) is 97.0 cm³/mol. The van der Waals surface area contributed by atoms with Crippen molar-refractivity contribution in [3.63, 3.8) is 0 Å². The minimum absolute atomic E-state index is 0.288. The van der Waals surface area contributed by atoms with Crippen molar-refractivity contribution in [2.24, 2.45) is 0 Å². The first-order chi connectivity index (χ1) is 13.6. The quantitative estimate of drug-likeness (QED) is 0.431. The van der Waals surface area contributed by atoms with Gasteiger partial charge in [0.15, 0.2) is 6.61 Å². The van der Waals surface area contributed by atoms with Crippen LogP contribution in [-0.4, -0.2) is 48.7 Å². The first-order valence-electron chi connectivity index (χ1n) is 8.11. The highest BCUT2D eigenvalue weighted by Gasteiger charge is 2.11. The first kappa shape index (κ1) is 17.1. The fraction of sp³-hybridized carbons (Fsp3) is 0.0588. The van der Waals surface area contributed by atoms with Gasteiger partial charge in [-0.05, 0) is 52.9 Å². The number of imidazole rings is 1. The number of benzene rings is 2. The molecule has 0 fully saturated rings. The number of hydrogen-bond donors (Lipinski definition) is 3. The number of ether oxygens (including phenoxy) is 1. The number of rotatable bonds is 5. The van der Waals surface area contributed by atoms with Crippen molar-refractivity contribution < 1.29 is 14.3 Å². The van der Waals surface area contributed by atoms with E-state index in [0.29, 0.717) is 22.4 Å². The lowest BCUT2D eigenvalue weighted by Crippen LogP contribution is -2.20. The molecule has 0 atom stereocenters. The Morgan fingerprint density at radius 1 is 1.07 bits per heavy atom. The van der Waals surface area contributed by atoms with Crippen molar-refractivity contribution in [1.29, 1.82) is 0 Å². The maximum Gasteiger partial charge on any atom is 0.338 e. The largest absolute Gasteiger partial charge is 0.452 e. The highest BCUT2D eigenvalue weighted by atomic mass is 16.5. The number of nitrogens with one attached hydrogen (secondary N) is 3. The summed E-state index contributed by atoms with van der Waals surface area (Å²) in [5.41, 5.74) is 2.28. The minimum atomic E-state index is -0.635. The molecule has 2 heterocycles. The van der Waals surface area contributed by atoms with E-state index < -0.39 is 18.5 Å². The number of aromatic amines is 2. The van der Waals surface area contributed by atoms with Gasteiger partial charge in [0.25, 0.3) is 5.91 Å². The number of H-pyrrole nitrogens is 2. The number of hydrogen-bond acceptors (Lipinski definition) is 7. The maximum atomic E-state index is 12.1. The molecule has 4 rings (SSSR count). The SMILES string of the molecule is O=C(COC(=O)c1ccc(-n2cnnn2)cc1)Nc1ccc2[nH]c(=O)[nH]c2c1. The number of aromatic nitrogens is 6. The predicted octanol–water partition coefficient (Wildman–Crippen LogP) is 0.627. The highest BCUT2D eigenvalue weighted by Crippen LogP contribution is 2.14. The zero-order valence-corrected chi connectivity index (χ0v) is 14.2. The van der Waals surface area contributed by atoms with Crippen molar-refractivity contribution in [1.82, 2.24) is 30.2 Å². The van der Waals surface area contributed by atoms with Crippen LogP contribution in [0.5, 0.6) is 0 Å². The lowest BCUT2D eigenvalue weighted by atomic mass is 10.2. The molecule has 0 radical (unpaired) electrons. The summed E-state index contributed by atoms with van der Waals surface area (Å²) in [7, 11) is 0. The van der Waals surface area contributed by atoms with E-state index in [4.69, 9.17) is 4.74 Å². The van der Waals surface area contributed by atoms with Gasteiger partial charge in [0.05, 0.1) is 22.3 Å². The molecule has 0 saturated carbocycles. The van der Waals surface area contributed by atoms with Crippen LogP contribution in [0.25, 0.3) is 16.7 Å². The summed E-state index contributed by atoms with van der Waals surface area (Å²) < 4.78 is 6.46. The Morgan fingerprint density at radius 2 is 1.86 bits per heavy atom. The Bertz CT molecular complexity index is 1190. The van der Waals surface area contributed by atoms with Gasteiger partial charge in [-0.15, -0.1) is 5.10 Å². The molecule has 11 heteroatoms. The number of carbonyl (C=O) groups excluding carboxylic acids is 2. The highest BCUT2D eigenvalue weighted by molar-refractivity contribution is 5.96. The molecule has 0 unspecified atom stereocenters. The van der Waals surface area contributed by atoms with Gasteiger partial charge in [-0.2, -0.15) is 0 Å². The van der Waals surface area contributed by atoms with Crippen LogP contribution in [0.3, 0.4) is 0 Å². The third-order valence-corrected chi connectivity index (χ3v) is 3.85. The van der Waals surface area contributed by atoms with Gasteiger partial charge in [-0.25, -0.2) is 14.3 Å². The lowest BCUT2D eigenvalue weighted by Gasteiger charge is -2.07. The number of carbonyl (C=O) groups is 2. The number of amides is 1. The average molecular weight is 379 g/mol. The fourth-order valence-electron chi connectivity index (χ4n) is 2.55. The molecule has 4 aromatic rings. The van der Waals surface area contributed by atoms with E-state index >= 15 is 0 Å². The third kappa shape index (κ3) is 3.62. The van der Waals surface area contributed by atoms with Crippen LogP contribution < -0.4 is 11.0 Å². The van der Waals surface area contributed by atoms with Crippen LogP contribution in [0.2, 0.25) is 0 Å². The molecule has 1 amide bonds. The van der Waals surface area contributed by atoms with Gasteiger partial charge in [0, 0.05) is 5.69 Å². The zero-order chi connectivity index (χ0) is 19.5. The van der Waals surface area contributed by atoms with Crippen molar-refractivity contribution in [2.45, 2.75) is 0 Å². The van der Waals surface area contributed by atoms with Gasteiger partial charge in [0.1, 0.15) is 6.33 Å². The molecule has 0 aliphatic rings. The summed E-state index contributed by atoms with van der Waals surface area (Å²) in [5.74, 6) is -1.14. The van der Waals surface area contributed by atoms with Gasteiger partial charge in [-0.1, -0.05) is 0 Å².